The normalized spacial score (nSPS) is 12.1. The number of carbonyl (C=O) groups is 2. The van der Waals surface area contributed by atoms with Gasteiger partial charge in [-0.25, -0.2) is 4.98 Å². The maximum absolute atomic E-state index is 12.8. The van der Waals surface area contributed by atoms with Crippen LogP contribution in [0, 0.1) is 12.8 Å². The highest BCUT2D eigenvalue weighted by Gasteiger charge is 2.25. The molecule has 3 aromatic heterocycles. The molecular weight excluding hydrogens is 382 g/mol. The minimum Gasteiger partial charge on any atom is -0.339 e. The molecule has 3 heterocycles. The van der Waals surface area contributed by atoms with Crippen molar-refractivity contribution in [3.05, 3.63) is 39.7 Å². The molecule has 142 valence electrons. The van der Waals surface area contributed by atoms with Crippen molar-refractivity contribution in [2.45, 2.75) is 33.2 Å². The molecule has 1 unspecified atom stereocenters. The van der Waals surface area contributed by atoms with Gasteiger partial charge in [-0.2, -0.15) is 16.4 Å². The summed E-state index contributed by atoms with van der Waals surface area (Å²) in [6.45, 7) is 5.83. The van der Waals surface area contributed by atoms with E-state index in [-0.39, 0.29) is 17.7 Å². The summed E-state index contributed by atoms with van der Waals surface area (Å²) < 4.78 is 0. The van der Waals surface area contributed by atoms with E-state index in [1.165, 1.54) is 11.3 Å². The third-order valence-corrected chi connectivity index (χ3v) is 5.75. The Bertz CT molecular complexity index is 900. The summed E-state index contributed by atoms with van der Waals surface area (Å²) in [5, 5.41) is 16.9. The number of hydrogen-bond acceptors (Lipinski definition) is 6. The number of aromatic amines is 1. The number of carbonyl (C=O) groups excluding carboxylic acids is 2. The second-order valence-electron chi connectivity index (χ2n) is 6.56. The molecule has 9 heteroatoms. The van der Waals surface area contributed by atoms with Gasteiger partial charge in [0.2, 0.25) is 5.91 Å². The van der Waals surface area contributed by atoms with E-state index in [4.69, 9.17) is 0 Å². The number of aryl methyl sites for hydroxylation is 1. The van der Waals surface area contributed by atoms with Crippen LogP contribution in [0.2, 0.25) is 0 Å². The van der Waals surface area contributed by atoms with Gasteiger partial charge in [0.25, 0.3) is 5.91 Å². The lowest BCUT2D eigenvalue weighted by atomic mass is 10.0. The van der Waals surface area contributed by atoms with E-state index in [2.05, 4.69) is 25.8 Å². The standard InChI is InChI=1S/C18H21N5O2S2/c1-10(2)8-13(16(24)22-14-4-6-19-23-14)21-17(25)15-11(3)20-18(27-15)12-5-7-26-9-12/h4-7,9-10,13H,8H2,1-3H3,(H,21,25)(H2,19,22,23,24). The maximum Gasteiger partial charge on any atom is 0.263 e. The Kier molecular flexibility index (Phi) is 6.02. The van der Waals surface area contributed by atoms with Gasteiger partial charge in [-0.05, 0) is 30.7 Å². The molecule has 3 aromatic rings. The predicted molar refractivity (Wildman–Crippen MR) is 108 cm³/mol. The van der Waals surface area contributed by atoms with E-state index in [1.807, 2.05) is 37.6 Å². The molecule has 0 fully saturated rings. The van der Waals surface area contributed by atoms with E-state index < -0.39 is 6.04 Å². The van der Waals surface area contributed by atoms with Gasteiger partial charge in [0.1, 0.15) is 21.7 Å². The summed E-state index contributed by atoms with van der Waals surface area (Å²) in [4.78, 5) is 30.4. The zero-order chi connectivity index (χ0) is 19.4. The minimum absolute atomic E-state index is 0.242. The Labute approximate surface area is 165 Å². The highest BCUT2D eigenvalue weighted by Crippen LogP contribution is 2.29. The lowest BCUT2D eigenvalue weighted by Crippen LogP contribution is -2.44. The topological polar surface area (TPSA) is 99.8 Å². The van der Waals surface area contributed by atoms with Gasteiger partial charge in [-0.15, -0.1) is 11.3 Å². The van der Waals surface area contributed by atoms with E-state index in [1.54, 1.807) is 23.6 Å². The first-order valence-electron chi connectivity index (χ1n) is 8.55. The van der Waals surface area contributed by atoms with Crippen LogP contribution in [0.5, 0.6) is 0 Å². The number of hydrogen-bond donors (Lipinski definition) is 3. The average molecular weight is 404 g/mol. The van der Waals surface area contributed by atoms with Crippen molar-refractivity contribution in [3.8, 4) is 10.6 Å². The second-order valence-corrected chi connectivity index (χ2v) is 8.34. The van der Waals surface area contributed by atoms with Crippen molar-refractivity contribution in [1.29, 1.82) is 0 Å². The first-order chi connectivity index (χ1) is 12.9. The number of amides is 2. The number of nitrogens with one attached hydrogen (secondary N) is 3. The van der Waals surface area contributed by atoms with Gasteiger partial charge < -0.3 is 10.6 Å². The third-order valence-electron chi connectivity index (χ3n) is 3.86. The Balaban J connectivity index is 1.75. The fraction of sp³-hybridized carbons (Fsp3) is 0.333. The number of H-pyrrole nitrogens is 1. The summed E-state index contributed by atoms with van der Waals surface area (Å²) in [5.41, 5.74) is 1.67. The monoisotopic (exact) mass is 403 g/mol. The molecular formula is C18H21N5O2S2. The number of rotatable bonds is 7. The molecule has 3 N–H and O–H groups in total. The van der Waals surface area contributed by atoms with E-state index in [0.29, 0.717) is 22.8 Å². The molecule has 2 amide bonds. The third kappa shape index (κ3) is 4.81. The van der Waals surface area contributed by atoms with Crippen LogP contribution in [0.3, 0.4) is 0 Å². The Morgan fingerprint density at radius 2 is 2.11 bits per heavy atom. The van der Waals surface area contributed by atoms with Crippen molar-refractivity contribution in [2.24, 2.45) is 5.92 Å². The first-order valence-corrected chi connectivity index (χ1v) is 10.3. The molecule has 0 aliphatic carbocycles. The number of thiophene rings is 1. The van der Waals surface area contributed by atoms with E-state index in [9.17, 15) is 9.59 Å². The molecule has 27 heavy (non-hydrogen) atoms. The van der Waals surface area contributed by atoms with Gasteiger partial charge >= 0.3 is 0 Å². The fourth-order valence-corrected chi connectivity index (χ4v) is 4.27. The van der Waals surface area contributed by atoms with Gasteiger partial charge in [0, 0.05) is 17.0 Å². The zero-order valence-electron chi connectivity index (χ0n) is 15.3. The van der Waals surface area contributed by atoms with Crippen LogP contribution in [-0.2, 0) is 4.79 Å². The summed E-state index contributed by atoms with van der Waals surface area (Å²) in [5.74, 6) is 0.182. The van der Waals surface area contributed by atoms with Crippen LogP contribution in [0.1, 0.15) is 35.6 Å². The Hall–Kier alpha value is -2.52. The maximum atomic E-state index is 12.8. The second kappa shape index (κ2) is 8.45. The molecule has 0 radical (unpaired) electrons. The first kappa shape index (κ1) is 19.2. The summed E-state index contributed by atoms with van der Waals surface area (Å²) in [7, 11) is 0. The molecule has 0 aliphatic heterocycles. The molecule has 3 rings (SSSR count). The molecule has 7 nitrogen and oxygen atoms in total. The molecule has 0 saturated carbocycles. The molecule has 1 atom stereocenters. The SMILES string of the molecule is Cc1nc(-c2ccsc2)sc1C(=O)NC(CC(C)C)C(=O)Nc1ccn[nH]1. The van der Waals surface area contributed by atoms with E-state index in [0.717, 1.165) is 10.6 Å². The smallest absolute Gasteiger partial charge is 0.263 e. The quantitative estimate of drug-likeness (QED) is 0.560. The van der Waals surface area contributed by atoms with Crippen LogP contribution in [0.4, 0.5) is 5.82 Å². The predicted octanol–water partition coefficient (Wildman–Crippen LogP) is 3.69. The lowest BCUT2D eigenvalue weighted by Gasteiger charge is -2.19. The molecule has 0 saturated heterocycles. The van der Waals surface area contributed by atoms with Crippen LogP contribution in [0.15, 0.2) is 29.1 Å². The van der Waals surface area contributed by atoms with Crippen LogP contribution >= 0.6 is 22.7 Å². The van der Waals surface area contributed by atoms with Gasteiger partial charge in [0.15, 0.2) is 0 Å². The zero-order valence-corrected chi connectivity index (χ0v) is 16.9. The largest absolute Gasteiger partial charge is 0.339 e. The fourth-order valence-electron chi connectivity index (χ4n) is 2.59. The van der Waals surface area contributed by atoms with Crippen molar-refractivity contribution in [1.82, 2.24) is 20.5 Å². The van der Waals surface area contributed by atoms with Gasteiger partial charge in [0.05, 0.1) is 11.9 Å². The van der Waals surface area contributed by atoms with Gasteiger partial charge in [-0.1, -0.05) is 13.8 Å². The van der Waals surface area contributed by atoms with Crippen molar-refractivity contribution >= 4 is 40.3 Å². The molecule has 0 bridgehead atoms. The summed E-state index contributed by atoms with van der Waals surface area (Å²) in [6, 6.07) is 2.99. The molecule has 0 aliphatic rings. The Morgan fingerprint density at radius 1 is 1.30 bits per heavy atom. The number of aromatic nitrogens is 3. The highest BCUT2D eigenvalue weighted by molar-refractivity contribution is 7.17. The van der Waals surface area contributed by atoms with Crippen LogP contribution < -0.4 is 10.6 Å². The lowest BCUT2D eigenvalue weighted by molar-refractivity contribution is -0.118. The number of anilines is 1. The number of nitrogens with zero attached hydrogens (tertiary/aromatic N) is 2. The van der Waals surface area contributed by atoms with Crippen molar-refractivity contribution in [3.63, 3.8) is 0 Å². The molecule has 0 aromatic carbocycles. The van der Waals surface area contributed by atoms with Crippen LogP contribution in [0.25, 0.3) is 10.6 Å². The van der Waals surface area contributed by atoms with Crippen LogP contribution in [-0.4, -0.2) is 33.0 Å². The molecule has 0 spiro atoms. The van der Waals surface area contributed by atoms with E-state index >= 15 is 0 Å². The average Bonchev–Trinajstić information content (AvgIpc) is 3.34. The summed E-state index contributed by atoms with van der Waals surface area (Å²) >= 11 is 2.92. The highest BCUT2D eigenvalue weighted by atomic mass is 32.1. The Morgan fingerprint density at radius 3 is 2.74 bits per heavy atom. The van der Waals surface area contributed by atoms with Gasteiger partial charge in [-0.3, -0.25) is 14.7 Å². The van der Waals surface area contributed by atoms with Crippen molar-refractivity contribution < 1.29 is 9.59 Å². The van der Waals surface area contributed by atoms with Crippen molar-refractivity contribution in [2.75, 3.05) is 5.32 Å². The number of thiazole rings is 1. The summed E-state index contributed by atoms with van der Waals surface area (Å²) in [6.07, 6.45) is 2.08. The minimum atomic E-state index is -0.646.